The highest BCUT2D eigenvalue weighted by atomic mass is 32.2. The Morgan fingerprint density at radius 1 is 1.21 bits per heavy atom. The first-order valence-corrected chi connectivity index (χ1v) is 11.3. The summed E-state index contributed by atoms with van der Waals surface area (Å²) in [5, 5.41) is 3.97. The molecule has 9 heteroatoms. The number of halogens is 1. The fourth-order valence-corrected chi connectivity index (χ4v) is 4.96. The zero-order valence-electron chi connectivity index (χ0n) is 15.6. The fourth-order valence-electron chi connectivity index (χ4n) is 3.36. The summed E-state index contributed by atoms with van der Waals surface area (Å²) >= 11 is 0. The van der Waals surface area contributed by atoms with Crippen LogP contribution in [0.2, 0.25) is 0 Å². The van der Waals surface area contributed by atoms with Crippen LogP contribution in [-0.4, -0.2) is 48.7 Å². The molecule has 2 heterocycles. The molecule has 2 aliphatic rings. The summed E-state index contributed by atoms with van der Waals surface area (Å²) in [7, 11) is -3.47. The van der Waals surface area contributed by atoms with Gasteiger partial charge >= 0.3 is 0 Å². The van der Waals surface area contributed by atoms with Gasteiger partial charge in [-0.15, -0.1) is 0 Å². The first kappa shape index (κ1) is 19.5. The third-order valence-electron chi connectivity index (χ3n) is 5.09. The van der Waals surface area contributed by atoms with Crippen molar-refractivity contribution in [3.8, 4) is 0 Å². The van der Waals surface area contributed by atoms with E-state index in [4.69, 9.17) is 9.26 Å². The van der Waals surface area contributed by atoms with E-state index in [1.807, 2.05) is 0 Å². The van der Waals surface area contributed by atoms with E-state index in [1.165, 1.54) is 28.6 Å². The van der Waals surface area contributed by atoms with Gasteiger partial charge in [0.15, 0.2) is 5.82 Å². The average molecular weight is 409 g/mol. The maximum absolute atomic E-state index is 13.0. The number of hydrogen-bond acceptors (Lipinski definition) is 6. The maximum atomic E-state index is 13.0. The molecule has 1 saturated heterocycles. The van der Waals surface area contributed by atoms with Crippen molar-refractivity contribution in [2.75, 3.05) is 19.7 Å². The lowest BCUT2D eigenvalue weighted by molar-refractivity contribution is 0.0198. The Kier molecular flexibility index (Phi) is 5.75. The lowest BCUT2D eigenvalue weighted by Crippen LogP contribution is -2.43. The fraction of sp³-hybridized carbons (Fsp3) is 0.579. The van der Waals surface area contributed by atoms with Crippen molar-refractivity contribution in [3.05, 3.63) is 47.4 Å². The molecule has 0 radical (unpaired) electrons. The van der Waals surface area contributed by atoms with Crippen LogP contribution in [0, 0.1) is 5.82 Å². The van der Waals surface area contributed by atoms with Crippen LogP contribution in [0.5, 0.6) is 0 Å². The molecule has 1 unspecified atom stereocenters. The van der Waals surface area contributed by atoms with Gasteiger partial charge in [0.2, 0.25) is 15.9 Å². The number of benzene rings is 1. The van der Waals surface area contributed by atoms with Crippen LogP contribution >= 0.6 is 0 Å². The summed E-state index contributed by atoms with van der Waals surface area (Å²) < 4.78 is 51.0. The summed E-state index contributed by atoms with van der Waals surface area (Å²) in [5.74, 6) is 1.27. The van der Waals surface area contributed by atoms with E-state index in [1.54, 1.807) is 0 Å². The number of aromatic nitrogens is 2. The molecule has 0 N–H and O–H groups in total. The van der Waals surface area contributed by atoms with Gasteiger partial charge in [-0.2, -0.15) is 9.29 Å². The Hall–Kier alpha value is -1.84. The van der Waals surface area contributed by atoms with Crippen molar-refractivity contribution in [1.82, 2.24) is 14.4 Å². The SMILES string of the molecule is O=S(=O)(Cc1ccc(F)cc1)N1CCCC(OCCc2noc(C3CC3)n2)C1. The van der Waals surface area contributed by atoms with Gasteiger partial charge in [-0.05, 0) is 43.4 Å². The molecule has 1 atom stereocenters. The monoisotopic (exact) mass is 409 g/mol. The van der Waals surface area contributed by atoms with Crippen molar-refractivity contribution in [1.29, 1.82) is 0 Å². The quantitative estimate of drug-likeness (QED) is 0.666. The van der Waals surface area contributed by atoms with Crippen molar-refractivity contribution < 1.29 is 22.1 Å². The van der Waals surface area contributed by atoms with Gasteiger partial charge in [-0.1, -0.05) is 17.3 Å². The normalized spacial score (nSPS) is 21.1. The van der Waals surface area contributed by atoms with Crippen LogP contribution in [-0.2, 0) is 26.9 Å². The van der Waals surface area contributed by atoms with Crippen molar-refractivity contribution in [2.24, 2.45) is 0 Å². The Labute approximate surface area is 163 Å². The summed E-state index contributed by atoms with van der Waals surface area (Å²) in [6.07, 6.45) is 4.20. The van der Waals surface area contributed by atoms with E-state index in [0.29, 0.717) is 49.3 Å². The number of sulfonamides is 1. The minimum atomic E-state index is -3.47. The van der Waals surface area contributed by atoms with E-state index in [2.05, 4.69) is 10.1 Å². The summed E-state index contributed by atoms with van der Waals surface area (Å²) in [5.41, 5.74) is 0.577. The molecule has 0 amide bonds. The topological polar surface area (TPSA) is 85.5 Å². The van der Waals surface area contributed by atoms with Gasteiger partial charge in [0, 0.05) is 25.4 Å². The molecule has 4 rings (SSSR count). The van der Waals surface area contributed by atoms with Crippen LogP contribution in [0.3, 0.4) is 0 Å². The molecule has 2 fully saturated rings. The second kappa shape index (κ2) is 8.26. The maximum Gasteiger partial charge on any atom is 0.229 e. The van der Waals surface area contributed by atoms with Crippen LogP contribution in [0.15, 0.2) is 28.8 Å². The van der Waals surface area contributed by atoms with Crippen LogP contribution in [0.1, 0.15) is 48.9 Å². The van der Waals surface area contributed by atoms with Gasteiger partial charge in [0.25, 0.3) is 0 Å². The highest BCUT2D eigenvalue weighted by Crippen LogP contribution is 2.38. The lowest BCUT2D eigenvalue weighted by Gasteiger charge is -2.31. The first-order valence-electron chi connectivity index (χ1n) is 9.66. The lowest BCUT2D eigenvalue weighted by atomic mass is 10.1. The highest BCUT2D eigenvalue weighted by Gasteiger charge is 2.31. The minimum absolute atomic E-state index is 0.132. The predicted octanol–water partition coefficient (Wildman–Crippen LogP) is 2.64. The Morgan fingerprint density at radius 3 is 2.75 bits per heavy atom. The number of hydrogen-bond donors (Lipinski definition) is 0. The van der Waals surface area contributed by atoms with E-state index >= 15 is 0 Å². The zero-order valence-corrected chi connectivity index (χ0v) is 16.4. The van der Waals surface area contributed by atoms with Crippen LogP contribution < -0.4 is 0 Å². The van der Waals surface area contributed by atoms with Crippen LogP contribution in [0.4, 0.5) is 4.39 Å². The van der Waals surface area contributed by atoms with Gasteiger partial charge < -0.3 is 9.26 Å². The third kappa shape index (κ3) is 4.95. The zero-order chi connectivity index (χ0) is 19.6. The van der Waals surface area contributed by atoms with Gasteiger partial charge in [0.05, 0.1) is 18.5 Å². The number of rotatable bonds is 8. The molecule has 0 bridgehead atoms. The molecule has 2 aromatic rings. The third-order valence-corrected chi connectivity index (χ3v) is 6.90. The van der Waals surface area contributed by atoms with Gasteiger partial charge in [-0.3, -0.25) is 0 Å². The number of ether oxygens (including phenoxy) is 1. The van der Waals surface area contributed by atoms with Gasteiger partial charge in [-0.25, -0.2) is 12.8 Å². The largest absolute Gasteiger partial charge is 0.376 e. The molecule has 28 heavy (non-hydrogen) atoms. The van der Waals surface area contributed by atoms with Crippen molar-refractivity contribution in [3.63, 3.8) is 0 Å². The minimum Gasteiger partial charge on any atom is -0.376 e. The molecule has 1 aromatic carbocycles. The Balaban J connectivity index is 1.27. The molecular weight excluding hydrogens is 385 g/mol. The summed E-state index contributed by atoms with van der Waals surface area (Å²) in [6, 6.07) is 5.57. The smallest absolute Gasteiger partial charge is 0.229 e. The van der Waals surface area contributed by atoms with E-state index < -0.39 is 10.0 Å². The first-order chi connectivity index (χ1) is 13.5. The predicted molar refractivity (Wildman–Crippen MR) is 99.5 cm³/mol. The molecular formula is C19H24FN3O4S. The summed E-state index contributed by atoms with van der Waals surface area (Å²) in [6.45, 7) is 1.25. The Morgan fingerprint density at radius 2 is 2.00 bits per heavy atom. The molecule has 1 aromatic heterocycles. The van der Waals surface area contributed by atoms with E-state index in [-0.39, 0.29) is 17.7 Å². The summed E-state index contributed by atoms with van der Waals surface area (Å²) in [4.78, 5) is 4.37. The highest BCUT2D eigenvalue weighted by molar-refractivity contribution is 7.88. The number of piperidine rings is 1. The van der Waals surface area contributed by atoms with E-state index in [0.717, 1.165) is 25.7 Å². The molecule has 7 nitrogen and oxygen atoms in total. The molecule has 1 aliphatic heterocycles. The molecule has 152 valence electrons. The Bertz CT molecular complexity index is 896. The van der Waals surface area contributed by atoms with Crippen LogP contribution in [0.25, 0.3) is 0 Å². The van der Waals surface area contributed by atoms with E-state index in [9.17, 15) is 12.8 Å². The van der Waals surface area contributed by atoms with Crippen molar-refractivity contribution >= 4 is 10.0 Å². The average Bonchev–Trinajstić information content (AvgIpc) is 3.43. The standard InChI is InChI=1S/C19H24FN3O4S/c20-16-7-3-14(4-8-16)13-28(24,25)23-10-1-2-17(12-23)26-11-9-18-21-19(27-22-18)15-5-6-15/h3-4,7-8,15,17H,1-2,5-6,9-13H2. The molecule has 1 aliphatic carbocycles. The second-order valence-electron chi connectivity index (χ2n) is 7.45. The second-order valence-corrected chi connectivity index (χ2v) is 9.42. The molecule has 1 saturated carbocycles. The van der Waals surface area contributed by atoms with Gasteiger partial charge in [0.1, 0.15) is 5.82 Å². The number of nitrogens with zero attached hydrogens (tertiary/aromatic N) is 3. The van der Waals surface area contributed by atoms with Crippen molar-refractivity contribution in [2.45, 2.75) is 49.9 Å². The molecule has 0 spiro atoms.